The zero-order chi connectivity index (χ0) is 17.0. The number of benzene rings is 1. The Morgan fingerprint density at radius 2 is 2.21 bits per heavy atom. The van der Waals surface area contributed by atoms with Gasteiger partial charge in [-0.2, -0.15) is 5.26 Å². The number of anilines is 1. The van der Waals surface area contributed by atoms with Crippen molar-refractivity contribution in [2.24, 2.45) is 5.41 Å². The van der Waals surface area contributed by atoms with Crippen LogP contribution in [0.5, 0.6) is 0 Å². The molecule has 5 heteroatoms. The van der Waals surface area contributed by atoms with Crippen LogP contribution in [0.4, 0.5) is 5.82 Å². The summed E-state index contributed by atoms with van der Waals surface area (Å²) in [6.07, 6.45) is 4.38. The van der Waals surface area contributed by atoms with Crippen molar-refractivity contribution in [2.45, 2.75) is 19.3 Å². The van der Waals surface area contributed by atoms with E-state index in [4.69, 9.17) is 11.6 Å². The number of hydrogen-bond acceptors (Lipinski definition) is 4. The van der Waals surface area contributed by atoms with Crippen molar-refractivity contribution >= 4 is 17.4 Å². The van der Waals surface area contributed by atoms with Crippen LogP contribution < -0.4 is 4.90 Å². The summed E-state index contributed by atoms with van der Waals surface area (Å²) in [4.78, 5) is 6.52. The van der Waals surface area contributed by atoms with Crippen molar-refractivity contribution in [3.63, 3.8) is 0 Å². The van der Waals surface area contributed by atoms with Gasteiger partial charge in [0.05, 0.1) is 12.2 Å². The predicted octanol–water partition coefficient (Wildman–Crippen LogP) is 3.43. The third-order valence-corrected chi connectivity index (χ3v) is 4.91. The minimum Gasteiger partial charge on any atom is -0.396 e. The topological polar surface area (TPSA) is 60.2 Å². The number of piperidine rings is 1. The zero-order valence-corrected chi connectivity index (χ0v) is 14.2. The maximum absolute atomic E-state index is 10.1. The molecule has 124 valence electrons. The second-order valence-electron chi connectivity index (χ2n) is 6.48. The van der Waals surface area contributed by atoms with Crippen molar-refractivity contribution < 1.29 is 5.11 Å². The van der Waals surface area contributed by atoms with Gasteiger partial charge in [-0.15, -0.1) is 0 Å². The van der Waals surface area contributed by atoms with Gasteiger partial charge in [0.2, 0.25) is 0 Å². The van der Waals surface area contributed by atoms with Gasteiger partial charge in [-0.05, 0) is 49.1 Å². The Labute approximate surface area is 147 Å². The number of halogens is 1. The van der Waals surface area contributed by atoms with Gasteiger partial charge < -0.3 is 10.0 Å². The van der Waals surface area contributed by atoms with Gasteiger partial charge in [0.25, 0.3) is 0 Å². The molecule has 0 radical (unpaired) electrons. The molecule has 0 amide bonds. The first kappa shape index (κ1) is 16.8. The van der Waals surface area contributed by atoms with Crippen LogP contribution in [-0.2, 0) is 6.42 Å². The molecule has 0 aliphatic carbocycles. The van der Waals surface area contributed by atoms with E-state index >= 15 is 0 Å². The minimum absolute atomic E-state index is 0.102. The van der Waals surface area contributed by atoms with Crippen molar-refractivity contribution in [3.05, 3.63) is 58.7 Å². The predicted molar refractivity (Wildman–Crippen MR) is 95.1 cm³/mol. The molecule has 2 heterocycles. The van der Waals surface area contributed by atoms with E-state index in [1.165, 1.54) is 0 Å². The van der Waals surface area contributed by atoms with Gasteiger partial charge in [0.1, 0.15) is 11.9 Å². The maximum atomic E-state index is 10.1. The molecule has 1 aliphatic rings. The minimum atomic E-state index is -0.243. The molecule has 1 aromatic carbocycles. The standard InChI is InChI=1S/C19H20ClN3O/c20-17-6-1-4-15(10-17)11-19(14-24)7-3-9-23(13-19)18-16(12-21)5-2-8-22-18/h1-2,4-6,8,10,24H,3,7,9,11,13-14H2. The summed E-state index contributed by atoms with van der Waals surface area (Å²) in [5, 5.41) is 20.2. The van der Waals surface area contributed by atoms with Gasteiger partial charge in [0.15, 0.2) is 0 Å². The van der Waals surface area contributed by atoms with E-state index in [0.717, 1.165) is 31.4 Å². The zero-order valence-electron chi connectivity index (χ0n) is 13.5. The second-order valence-corrected chi connectivity index (χ2v) is 6.91. The molecular weight excluding hydrogens is 322 g/mol. The molecule has 1 saturated heterocycles. The second kappa shape index (κ2) is 7.21. The van der Waals surface area contributed by atoms with Gasteiger partial charge >= 0.3 is 0 Å². The van der Waals surface area contributed by atoms with E-state index in [-0.39, 0.29) is 12.0 Å². The number of rotatable bonds is 4. The molecule has 0 saturated carbocycles. The van der Waals surface area contributed by atoms with Gasteiger partial charge in [-0.25, -0.2) is 4.98 Å². The third-order valence-electron chi connectivity index (χ3n) is 4.67. The molecule has 1 aromatic heterocycles. The number of pyridine rings is 1. The highest BCUT2D eigenvalue weighted by atomic mass is 35.5. The van der Waals surface area contributed by atoms with Crippen LogP contribution in [0.1, 0.15) is 24.0 Å². The van der Waals surface area contributed by atoms with Crippen LogP contribution in [0.15, 0.2) is 42.6 Å². The van der Waals surface area contributed by atoms with Gasteiger partial charge in [-0.3, -0.25) is 0 Å². The van der Waals surface area contributed by atoms with Gasteiger partial charge in [0, 0.05) is 29.7 Å². The smallest absolute Gasteiger partial charge is 0.146 e. The summed E-state index contributed by atoms with van der Waals surface area (Å²) >= 11 is 6.10. The van der Waals surface area contributed by atoms with Crippen LogP contribution in [0.3, 0.4) is 0 Å². The lowest BCUT2D eigenvalue weighted by molar-refractivity contribution is 0.105. The molecule has 24 heavy (non-hydrogen) atoms. The first-order valence-corrected chi connectivity index (χ1v) is 8.49. The average molecular weight is 342 g/mol. The first-order valence-electron chi connectivity index (χ1n) is 8.11. The van der Waals surface area contributed by atoms with E-state index in [9.17, 15) is 10.4 Å². The van der Waals surface area contributed by atoms with Crippen molar-refractivity contribution in [2.75, 3.05) is 24.6 Å². The van der Waals surface area contributed by atoms with E-state index in [1.807, 2.05) is 24.3 Å². The number of nitrogens with zero attached hydrogens (tertiary/aromatic N) is 3. The first-order chi connectivity index (χ1) is 11.7. The van der Waals surface area contributed by atoms with E-state index in [1.54, 1.807) is 18.3 Å². The summed E-state index contributed by atoms with van der Waals surface area (Å²) < 4.78 is 0. The molecule has 1 atom stereocenters. The summed E-state index contributed by atoms with van der Waals surface area (Å²) in [5.41, 5.74) is 1.46. The Hall–Kier alpha value is -2.09. The lowest BCUT2D eigenvalue weighted by Gasteiger charge is -2.42. The van der Waals surface area contributed by atoms with Crippen molar-refractivity contribution in [1.82, 2.24) is 4.98 Å². The van der Waals surface area contributed by atoms with Crippen LogP contribution in [-0.4, -0.2) is 29.8 Å². The molecule has 1 unspecified atom stereocenters. The lowest BCUT2D eigenvalue weighted by Crippen LogP contribution is -2.47. The fraction of sp³-hybridized carbons (Fsp3) is 0.368. The fourth-order valence-electron chi connectivity index (χ4n) is 3.53. The van der Waals surface area contributed by atoms with Gasteiger partial charge in [-0.1, -0.05) is 23.7 Å². The number of aliphatic hydroxyl groups excluding tert-OH is 1. The molecule has 2 aromatic rings. The monoisotopic (exact) mass is 341 g/mol. The molecule has 1 N–H and O–H groups in total. The highest BCUT2D eigenvalue weighted by molar-refractivity contribution is 6.30. The van der Waals surface area contributed by atoms with Crippen LogP contribution in [0, 0.1) is 16.7 Å². The number of nitriles is 1. The molecular formula is C19H20ClN3O. The molecule has 4 nitrogen and oxygen atoms in total. The van der Waals surface area contributed by atoms with Crippen molar-refractivity contribution in [1.29, 1.82) is 5.26 Å². The van der Waals surface area contributed by atoms with Crippen molar-refractivity contribution in [3.8, 4) is 6.07 Å². The number of aliphatic hydroxyl groups is 1. The molecule has 0 spiro atoms. The quantitative estimate of drug-likeness (QED) is 0.925. The summed E-state index contributed by atoms with van der Waals surface area (Å²) in [6.45, 7) is 1.63. The molecule has 0 bridgehead atoms. The van der Waals surface area contributed by atoms with Crippen LogP contribution >= 0.6 is 11.6 Å². The number of hydrogen-bond donors (Lipinski definition) is 1. The highest BCUT2D eigenvalue weighted by Gasteiger charge is 2.36. The Morgan fingerprint density at radius 3 is 2.96 bits per heavy atom. The molecule has 1 aliphatic heterocycles. The lowest BCUT2D eigenvalue weighted by atomic mass is 9.75. The Bertz CT molecular complexity index is 758. The summed E-state index contributed by atoms with van der Waals surface area (Å²) in [5.74, 6) is 0.712. The van der Waals surface area contributed by atoms with E-state index in [2.05, 4.69) is 16.0 Å². The fourth-order valence-corrected chi connectivity index (χ4v) is 3.75. The largest absolute Gasteiger partial charge is 0.396 e. The summed E-state index contributed by atoms with van der Waals surface area (Å²) in [7, 11) is 0. The molecule has 3 rings (SSSR count). The van der Waals surface area contributed by atoms with Crippen LogP contribution in [0.2, 0.25) is 5.02 Å². The SMILES string of the molecule is N#Cc1cccnc1N1CCCC(CO)(Cc2cccc(Cl)c2)C1. The average Bonchev–Trinajstić information content (AvgIpc) is 2.62. The number of aromatic nitrogens is 1. The Morgan fingerprint density at radius 1 is 1.33 bits per heavy atom. The highest BCUT2D eigenvalue weighted by Crippen LogP contribution is 2.36. The van der Waals surface area contributed by atoms with E-state index in [0.29, 0.717) is 22.9 Å². The third kappa shape index (κ3) is 3.53. The Kier molecular flexibility index (Phi) is 5.03. The summed E-state index contributed by atoms with van der Waals surface area (Å²) in [6, 6.07) is 13.6. The Balaban J connectivity index is 1.85. The maximum Gasteiger partial charge on any atom is 0.146 e. The molecule has 1 fully saturated rings. The normalized spacial score (nSPS) is 20.6. The van der Waals surface area contributed by atoms with Crippen LogP contribution in [0.25, 0.3) is 0 Å². The van der Waals surface area contributed by atoms with E-state index < -0.39 is 0 Å².